The molecule has 3 aromatic carbocycles. The first kappa shape index (κ1) is 23.0. The van der Waals surface area contributed by atoms with Gasteiger partial charge in [0.25, 0.3) is 0 Å². The lowest BCUT2D eigenvalue weighted by Gasteiger charge is -2.33. The fraction of sp³-hybridized carbons (Fsp3) is 0.379. The summed E-state index contributed by atoms with van der Waals surface area (Å²) in [4.78, 5) is 14.1. The number of nitrogens with zero attached hydrogens (tertiary/aromatic N) is 2. The largest absolute Gasteiger partial charge is 0.490 e. The molecule has 6 heteroatoms. The maximum Gasteiger partial charge on any atom is 0.410 e. The number of carbonyl (C=O) groups excluding carboxylic acids is 1. The van der Waals surface area contributed by atoms with Crippen molar-refractivity contribution < 1.29 is 14.3 Å². The number of anilines is 1. The van der Waals surface area contributed by atoms with Crippen LogP contribution in [0.2, 0.25) is 0 Å². The van der Waals surface area contributed by atoms with E-state index in [2.05, 4.69) is 41.7 Å². The van der Waals surface area contributed by atoms with E-state index in [1.165, 1.54) is 11.1 Å². The van der Waals surface area contributed by atoms with Crippen LogP contribution in [0.1, 0.15) is 56.3 Å². The third-order valence-corrected chi connectivity index (χ3v) is 6.62. The van der Waals surface area contributed by atoms with Gasteiger partial charge in [0, 0.05) is 31.6 Å². The van der Waals surface area contributed by atoms with Gasteiger partial charge in [0.1, 0.15) is 17.5 Å². The minimum atomic E-state index is -0.479. The molecule has 2 aliphatic heterocycles. The molecule has 0 radical (unpaired) electrons. The van der Waals surface area contributed by atoms with E-state index in [1.807, 2.05) is 45.0 Å². The standard InChI is InChI=1S/C29H31N3O3/c1-29(2,3)35-28(33)32-12-10-24(11-13-32)34-25-8-9-26-23(16-25)17-27(31-26)21-7-6-20-5-4-19(18-30)14-22(20)15-21/h4-9,14-16,24,27,31H,10-13,17H2,1-3H3. The number of fused-ring (bicyclic) bond motifs is 2. The summed E-state index contributed by atoms with van der Waals surface area (Å²) in [6.45, 7) is 6.95. The zero-order valence-corrected chi connectivity index (χ0v) is 20.5. The molecule has 180 valence electrons. The van der Waals surface area contributed by atoms with Crippen molar-refractivity contribution in [2.45, 2.75) is 57.8 Å². The number of hydrogen-bond acceptors (Lipinski definition) is 5. The molecule has 2 aliphatic rings. The average molecular weight is 470 g/mol. The number of likely N-dealkylation sites (tertiary alicyclic amines) is 1. The average Bonchev–Trinajstić information content (AvgIpc) is 3.26. The molecule has 1 fully saturated rings. The molecule has 1 atom stereocenters. The van der Waals surface area contributed by atoms with E-state index < -0.39 is 5.60 Å². The van der Waals surface area contributed by atoms with E-state index in [0.717, 1.165) is 41.5 Å². The monoisotopic (exact) mass is 469 g/mol. The van der Waals surface area contributed by atoms with Crippen LogP contribution < -0.4 is 10.1 Å². The molecule has 0 aliphatic carbocycles. The Bertz CT molecular complexity index is 1300. The van der Waals surface area contributed by atoms with Gasteiger partial charge >= 0.3 is 6.09 Å². The number of benzene rings is 3. The molecular weight excluding hydrogens is 438 g/mol. The first-order valence-electron chi connectivity index (χ1n) is 12.3. The van der Waals surface area contributed by atoms with Gasteiger partial charge in [0.2, 0.25) is 0 Å². The molecule has 2 heterocycles. The molecule has 0 bridgehead atoms. The van der Waals surface area contributed by atoms with Crippen LogP contribution in [0, 0.1) is 11.3 Å². The second-order valence-electron chi connectivity index (χ2n) is 10.4. The molecule has 1 N–H and O–H groups in total. The summed E-state index contributed by atoms with van der Waals surface area (Å²) < 4.78 is 11.8. The lowest BCUT2D eigenvalue weighted by molar-refractivity contribution is 0.0126. The SMILES string of the molecule is CC(C)(C)OC(=O)N1CCC(Oc2ccc3c(c2)CC(c2ccc4ccc(C#N)cc4c2)N3)CC1. The number of nitriles is 1. The predicted octanol–water partition coefficient (Wildman–Crippen LogP) is 6.20. The number of ether oxygens (including phenoxy) is 2. The van der Waals surface area contributed by atoms with Gasteiger partial charge in [-0.3, -0.25) is 0 Å². The van der Waals surface area contributed by atoms with E-state index in [0.29, 0.717) is 18.7 Å². The van der Waals surface area contributed by atoms with Gasteiger partial charge in [-0.1, -0.05) is 18.2 Å². The van der Waals surface area contributed by atoms with Crippen molar-refractivity contribution in [1.29, 1.82) is 5.26 Å². The van der Waals surface area contributed by atoms with Crippen molar-refractivity contribution in [1.82, 2.24) is 4.90 Å². The lowest BCUT2D eigenvalue weighted by Crippen LogP contribution is -2.44. The second kappa shape index (κ2) is 9.14. The van der Waals surface area contributed by atoms with Gasteiger partial charge in [-0.15, -0.1) is 0 Å². The van der Waals surface area contributed by atoms with Crippen LogP contribution in [-0.2, 0) is 11.2 Å². The summed E-state index contributed by atoms with van der Waals surface area (Å²) in [6, 6.07) is 20.9. The summed E-state index contributed by atoms with van der Waals surface area (Å²) in [7, 11) is 0. The summed E-state index contributed by atoms with van der Waals surface area (Å²) in [6.07, 6.45) is 2.31. The Morgan fingerprint density at radius 2 is 1.80 bits per heavy atom. The smallest absolute Gasteiger partial charge is 0.410 e. The highest BCUT2D eigenvalue weighted by Gasteiger charge is 2.28. The molecule has 1 unspecified atom stereocenters. The van der Waals surface area contributed by atoms with Crippen molar-refractivity contribution in [3.63, 3.8) is 0 Å². The minimum absolute atomic E-state index is 0.0895. The molecule has 35 heavy (non-hydrogen) atoms. The maximum absolute atomic E-state index is 12.3. The summed E-state index contributed by atoms with van der Waals surface area (Å²) in [5, 5.41) is 15.1. The number of nitrogens with one attached hydrogen (secondary N) is 1. The molecule has 0 saturated carbocycles. The highest BCUT2D eigenvalue weighted by molar-refractivity contribution is 5.84. The third-order valence-electron chi connectivity index (χ3n) is 6.62. The number of carbonyl (C=O) groups is 1. The van der Waals surface area contributed by atoms with Crippen LogP contribution in [0.5, 0.6) is 5.75 Å². The van der Waals surface area contributed by atoms with Gasteiger partial charge in [-0.05, 0) is 85.5 Å². The Morgan fingerprint density at radius 1 is 1.03 bits per heavy atom. The van der Waals surface area contributed by atoms with Crippen LogP contribution in [0.4, 0.5) is 10.5 Å². The number of hydrogen-bond donors (Lipinski definition) is 1. The van der Waals surface area contributed by atoms with Gasteiger partial charge in [-0.25, -0.2) is 4.79 Å². The quantitative estimate of drug-likeness (QED) is 0.494. The summed E-state index contributed by atoms with van der Waals surface area (Å²) >= 11 is 0. The van der Waals surface area contributed by atoms with Crippen LogP contribution in [0.25, 0.3) is 10.8 Å². The summed E-state index contributed by atoms with van der Waals surface area (Å²) in [5.41, 5.74) is 3.78. The highest BCUT2D eigenvalue weighted by atomic mass is 16.6. The number of piperidine rings is 1. The van der Waals surface area contributed by atoms with Crippen molar-refractivity contribution >= 4 is 22.6 Å². The van der Waals surface area contributed by atoms with E-state index in [1.54, 1.807) is 4.90 Å². The molecule has 0 spiro atoms. The highest BCUT2D eigenvalue weighted by Crippen LogP contribution is 2.37. The van der Waals surface area contributed by atoms with E-state index in [4.69, 9.17) is 9.47 Å². The van der Waals surface area contributed by atoms with Crippen molar-refractivity contribution in [2.75, 3.05) is 18.4 Å². The Kier molecular flexibility index (Phi) is 6.02. The van der Waals surface area contributed by atoms with E-state index in [-0.39, 0.29) is 18.2 Å². The molecule has 0 aromatic heterocycles. The minimum Gasteiger partial charge on any atom is -0.490 e. The first-order chi connectivity index (χ1) is 16.8. The predicted molar refractivity (Wildman–Crippen MR) is 137 cm³/mol. The van der Waals surface area contributed by atoms with E-state index in [9.17, 15) is 10.1 Å². The summed E-state index contributed by atoms with van der Waals surface area (Å²) in [5.74, 6) is 0.874. The zero-order chi connectivity index (χ0) is 24.6. The molecular formula is C29H31N3O3. The van der Waals surface area contributed by atoms with Crippen LogP contribution in [0.15, 0.2) is 54.6 Å². The fourth-order valence-corrected chi connectivity index (χ4v) is 4.84. The van der Waals surface area contributed by atoms with Crippen LogP contribution >= 0.6 is 0 Å². The topological polar surface area (TPSA) is 74.6 Å². The fourth-order valence-electron chi connectivity index (χ4n) is 4.84. The molecule has 1 amide bonds. The molecule has 1 saturated heterocycles. The van der Waals surface area contributed by atoms with Gasteiger partial charge in [-0.2, -0.15) is 5.26 Å². The van der Waals surface area contributed by atoms with Crippen molar-refractivity contribution in [3.05, 3.63) is 71.3 Å². The van der Waals surface area contributed by atoms with Gasteiger partial charge < -0.3 is 19.7 Å². The zero-order valence-electron chi connectivity index (χ0n) is 20.5. The number of amides is 1. The first-order valence-corrected chi connectivity index (χ1v) is 12.3. The van der Waals surface area contributed by atoms with Crippen LogP contribution in [0.3, 0.4) is 0 Å². The molecule has 5 rings (SSSR count). The number of rotatable bonds is 3. The van der Waals surface area contributed by atoms with Crippen LogP contribution in [-0.4, -0.2) is 35.8 Å². The second-order valence-corrected chi connectivity index (χ2v) is 10.4. The Labute approximate surface area is 206 Å². The van der Waals surface area contributed by atoms with Gasteiger partial charge in [0.05, 0.1) is 17.7 Å². The third kappa shape index (κ3) is 5.19. The van der Waals surface area contributed by atoms with Gasteiger partial charge in [0.15, 0.2) is 0 Å². The Morgan fingerprint density at radius 3 is 2.54 bits per heavy atom. The van der Waals surface area contributed by atoms with Crippen molar-refractivity contribution in [3.8, 4) is 11.8 Å². The normalized spacial score (nSPS) is 18.0. The Balaban J connectivity index is 1.21. The maximum atomic E-state index is 12.3. The van der Waals surface area contributed by atoms with Crippen molar-refractivity contribution in [2.24, 2.45) is 0 Å². The molecule has 3 aromatic rings. The van der Waals surface area contributed by atoms with E-state index >= 15 is 0 Å². The lowest BCUT2D eigenvalue weighted by atomic mass is 9.98. The molecule has 6 nitrogen and oxygen atoms in total. The Hall–Kier alpha value is -3.72.